The molecule has 0 bridgehead atoms. The van der Waals surface area contributed by atoms with Crippen LogP contribution in [0.25, 0.3) is 0 Å². The van der Waals surface area contributed by atoms with Crippen LogP contribution in [0.2, 0.25) is 5.02 Å². The van der Waals surface area contributed by atoms with Crippen LogP contribution in [0.15, 0.2) is 29.0 Å². The molecule has 7 nitrogen and oxygen atoms in total. The van der Waals surface area contributed by atoms with E-state index < -0.39 is 4.92 Å². The van der Waals surface area contributed by atoms with E-state index >= 15 is 0 Å². The molecule has 1 aromatic carbocycles. The Bertz CT molecular complexity index is 653. The number of nitrogens with two attached hydrogens (primary N) is 1. The summed E-state index contributed by atoms with van der Waals surface area (Å²) in [5.74, 6) is 0.413. The van der Waals surface area contributed by atoms with Crippen LogP contribution in [-0.2, 0) is 0 Å². The fourth-order valence-corrected chi connectivity index (χ4v) is 1.67. The van der Waals surface area contributed by atoms with Gasteiger partial charge in [0.2, 0.25) is 5.88 Å². The van der Waals surface area contributed by atoms with Crippen LogP contribution < -0.4 is 10.5 Å². The Kier molecular flexibility index (Phi) is 3.82. The monoisotopic (exact) mass is 344 g/mol. The molecule has 0 aliphatic carbocycles. The SMILES string of the molecule is Nc1ncnc(Oc2cc([N+](=O)[O-])ccc2Cl)c1Br. The molecule has 0 amide bonds. The van der Waals surface area contributed by atoms with E-state index in [9.17, 15) is 10.1 Å². The maximum atomic E-state index is 10.7. The summed E-state index contributed by atoms with van der Waals surface area (Å²) in [6, 6.07) is 3.85. The molecule has 0 aliphatic heterocycles. The van der Waals surface area contributed by atoms with Crippen molar-refractivity contribution in [2.75, 3.05) is 5.73 Å². The standard InChI is InChI=1S/C10H6BrClN4O3/c11-8-9(13)14-4-15-10(8)19-7-3-5(16(17)18)1-2-6(7)12/h1-4H,(H2,13,14,15). The highest BCUT2D eigenvalue weighted by Gasteiger charge is 2.14. The second-order valence-electron chi connectivity index (χ2n) is 3.35. The quantitative estimate of drug-likeness (QED) is 0.676. The normalized spacial score (nSPS) is 10.2. The number of halogens is 2. The molecule has 0 aliphatic rings. The lowest BCUT2D eigenvalue weighted by Gasteiger charge is -2.08. The summed E-state index contributed by atoms with van der Waals surface area (Å²) >= 11 is 9.06. The van der Waals surface area contributed by atoms with Gasteiger partial charge in [0.1, 0.15) is 16.6 Å². The Hall–Kier alpha value is -1.93. The molecule has 2 rings (SSSR count). The van der Waals surface area contributed by atoms with E-state index in [4.69, 9.17) is 22.1 Å². The molecule has 0 saturated heterocycles. The van der Waals surface area contributed by atoms with Crippen LogP contribution in [0.1, 0.15) is 0 Å². The van der Waals surface area contributed by atoms with Gasteiger partial charge in [-0.3, -0.25) is 10.1 Å². The molecule has 1 heterocycles. The van der Waals surface area contributed by atoms with Crippen LogP contribution in [0.5, 0.6) is 11.6 Å². The molecule has 9 heteroatoms. The van der Waals surface area contributed by atoms with Gasteiger partial charge >= 0.3 is 0 Å². The number of nitrogen functional groups attached to an aromatic ring is 1. The number of ether oxygens (including phenoxy) is 1. The van der Waals surface area contributed by atoms with E-state index in [1.807, 2.05) is 0 Å². The van der Waals surface area contributed by atoms with Crippen LogP contribution in [0.4, 0.5) is 11.5 Å². The first-order chi connectivity index (χ1) is 8.99. The Morgan fingerprint density at radius 3 is 2.84 bits per heavy atom. The predicted molar refractivity (Wildman–Crippen MR) is 72.3 cm³/mol. The van der Waals surface area contributed by atoms with Gasteiger partial charge in [0, 0.05) is 6.07 Å². The Labute approximate surface area is 120 Å². The molecule has 98 valence electrons. The third kappa shape index (κ3) is 2.91. The van der Waals surface area contributed by atoms with Crippen LogP contribution in [0.3, 0.4) is 0 Å². The van der Waals surface area contributed by atoms with Crippen molar-refractivity contribution in [2.45, 2.75) is 0 Å². The zero-order chi connectivity index (χ0) is 14.0. The number of anilines is 1. The number of benzene rings is 1. The van der Waals surface area contributed by atoms with E-state index in [0.29, 0.717) is 4.47 Å². The lowest BCUT2D eigenvalue weighted by molar-refractivity contribution is -0.384. The van der Waals surface area contributed by atoms with E-state index in [-0.39, 0.29) is 28.2 Å². The van der Waals surface area contributed by atoms with E-state index in [1.54, 1.807) is 0 Å². The number of rotatable bonds is 3. The van der Waals surface area contributed by atoms with Gasteiger partial charge in [-0.05, 0) is 22.0 Å². The molecule has 0 saturated carbocycles. The van der Waals surface area contributed by atoms with Crippen molar-refractivity contribution in [3.63, 3.8) is 0 Å². The van der Waals surface area contributed by atoms with Crippen LogP contribution in [-0.4, -0.2) is 14.9 Å². The number of nitro benzene ring substituents is 1. The molecule has 0 spiro atoms. The first-order valence-corrected chi connectivity index (χ1v) is 6.04. The van der Waals surface area contributed by atoms with Crippen molar-refractivity contribution in [1.29, 1.82) is 0 Å². The average molecular weight is 346 g/mol. The van der Waals surface area contributed by atoms with Gasteiger partial charge in [-0.25, -0.2) is 9.97 Å². The molecule has 0 unspecified atom stereocenters. The highest BCUT2D eigenvalue weighted by molar-refractivity contribution is 9.10. The molecule has 2 aromatic rings. The van der Waals surface area contributed by atoms with Crippen molar-refractivity contribution in [1.82, 2.24) is 9.97 Å². The molecule has 19 heavy (non-hydrogen) atoms. The number of aromatic nitrogens is 2. The number of non-ortho nitro benzene ring substituents is 1. The third-order valence-corrected chi connectivity index (χ3v) is 3.17. The summed E-state index contributed by atoms with van der Waals surface area (Å²) in [6.45, 7) is 0. The van der Waals surface area contributed by atoms with E-state index in [2.05, 4.69) is 25.9 Å². The summed E-state index contributed by atoms with van der Waals surface area (Å²) in [7, 11) is 0. The van der Waals surface area contributed by atoms with Crippen molar-refractivity contribution >= 4 is 39.0 Å². The molecule has 0 fully saturated rings. The molecular weight excluding hydrogens is 339 g/mol. The smallest absolute Gasteiger partial charge is 0.273 e. The second-order valence-corrected chi connectivity index (χ2v) is 4.55. The molecule has 2 N–H and O–H groups in total. The topological polar surface area (TPSA) is 104 Å². The highest BCUT2D eigenvalue weighted by Crippen LogP contribution is 2.35. The Morgan fingerprint density at radius 2 is 2.16 bits per heavy atom. The van der Waals surface area contributed by atoms with Crippen LogP contribution >= 0.6 is 27.5 Å². The summed E-state index contributed by atoms with van der Waals surface area (Å²) < 4.78 is 5.74. The van der Waals surface area contributed by atoms with Gasteiger partial charge in [-0.2, -0.15) is 0 Å². The van der Waals surface area contributed by atoms with Gasteiger partial charge in [-0.15, -0.1) is 0 Å². The minimum atomic E-state index is -0.549. The summed E-state index contributed by atoms with van der Waals surface area (Å²) in [4.78, 5) is 17.8. The predicted octanol–water partition coefficient (Wildman–Crippen LogP) is 3.18. The minimum absolute atomic E-state index is 0.106. The van der Waals surface area contributed by atoms with Gasteiger partial charge in [0.25, 0.3) is 5.69 Å². The first-order valence-electron chi connectivity index (χ1n) is 4.87. The van der Waals surface area contributed by atoms with Crippen LogP contribution in [0, 0.1) is 10.1 Å². The summed E-state index contributed by atoms with van der Waals surface area (Å²) in [5, 5.41) is 10.9. The summed E-state index contributed by atoms with van der Waals surface area (Å²) in [5.41, 5.74) is 5.43. The van der Waals surface area contributed by atoms with E-state index in [0.717, 1.165) is 0 Å². The fraction of sp³-hybridized carbons (Fsp3) is 0. The lowest BCUT2D eigenvalue weighted by Crippen LogP contribution is -1.97. The van der Waals surface area contributed by atoms with Crippen molar-refractivity contribution < 1.29 is 9.66 Å². The number of nitro groups is 1. The zero-order valence-corrected chi connectivity index (χ0v) is 11.6. The number of nitrogens with zero attached hydrogens (tertiary/aromatic N) is 3. The van der Waals surface area contributed by atoms with Gasteiger partial charge in [0.05, 0.1) is 16.0 Å². The zero-order valence-electron chi connectivity index (χ0n) is 9.21. The maximum absolute atomic E-state index is 10.7. The minimum Gasteiger partial charge on any atom is -0.436 e. The second kappa shape index (κ2) is 5.37. The average Bonchev–Trinajstić information content (AvgIpc) is 2.37. The number of hydrogen-bond acceptors (Lipinski definition) is 6. The number of hydrogen-bond donors (Lipinski definition) is 1. The molecular formula is C10H6BrClN4O3. The lowest BCUT2D eigenvalue weighted by atomic mass is 10.3. The van der Waals surface area contributed by atoms with E-state index in [1.165, 1.54) is 24.5 Å². The van der Waals surface area contributed by atoms with Gasteiger partial charge in [0.15, 0.2) is 5.75 Å². The molecule has 1 aromatic heterocycles. The molecule has 0 radical (unpaired) electrons. The Balaban J connectivity index is 2.40. The van der Waals surface area contributed by atoms with Gasteiger partial charge in [-0.1, -0.05) is 11.6 Å². The highest BCUT2D eigenvalue weighted by atomic mass is 79.9. The van der Waals surface area contributed by atoms with Crippen molar-refractivity contribution in [2.24, 2.45) is 0 Å². The fourth-order valence-electron chi connectivity index (χ4n) is 1.23. The molecule has 0 atom stereocenters. The maximum Gasteiger partial charge on any atom is 0.273 e. The summed E-state index contributed by atoms with van der Waals surface area (Å²) in [6.07, 6.45) is 1.21. The van der Waals surface area contributed by atoms with Gasteiger partial charge < -0.3 is 10.5 Å². The van der Waals surface area contributed by atoms with Crippen molar-refractivity contribution in [3.05, 3.63) is 44.1 Å². The third-order valence-electron chi connectivity index (χ3n) is 2.12. The van der Waals surface area contributed by atoms with Crippen molar-refractivity contribution in [3.8, 4) is 11.6 Å². The Morgan fingerprint density at radius 1 is 1.42 bits per heavy atom. The first kappa shape index (κ1) is 13.5. The largest absolute Gasteiger partial charge is 0.436 e.